The monoisotopic (exact) mass is 213 g/mol. The van der Waals surface area contributed by atoms with Crippen molar-refractivity contribution in [1.29, 1.82) is 0 Å². The van der Waals surface area contributed by atoms with Crippen LogP contribution in [0.15, 0.2) is 0 Å². The van der Waals surface area contributed by atoms with Gasteiger partial charge >= 0.3 is 0 Å². The van der Waals surface area contributed by atoms with E-state index < -0.39 is 0 Å². The summed E-state index contributed by atoms with van der Waals surface area (Å²) in [6, 6.07) is 0.703. The highest BCUT2D eigenvalue weighted by atomic mass is 16.5. The lowest BCUT2D eigenvalue weighted by Crippen LogP contribution is -2.36. The van der Waals surface area contributed by atoms with Gasteiger partial charge in [0.05, 0.1) is 25.4 Å². The maximum Gasteiger partial charge on any atom is 0.0932 e. The van der Waals surface area contributed by atoms with Crippen molar-refractivity contribution in [2.45, 2.75) is 51.4 Å². The average molecular weight is 213 g/mol. The molecule has 3 unspecified atom stereocenters. The van der Waals surface area contributed by atoms with Gasteiger partial charge in [-0.05, 0) is 32.6 Å². The molecular weight excluding hydrogens is 190 g/mol. The Kier molecular flexibility index (Phi) is 4.00. The third-order valence-corrected chi connectivity index (χ3v) is 3.43. The van der Waals surface area contributed by atoms with E-state index in [1.807, 2.05) is 0 Å². The Bertz CT molecular complexity index is 182. The van der Waals surface area contributed by atoms with Crippen molar-refractivity contribution in [1.82, 2.24) is 5.32 Å². The molecule has 1 heterocycles. The van der Waals surface area contributed by atoms with Crippen LogP contribution in [0.3, 0.4) is 0 Å². The fourth-order valence-corrected chi connectivity index (χ4v) is 2.51. The van der Waals surface area contributed by atoms with Gasteiger partial charge in [-0.2, -0.15) is 0 Å². The van der Waals surface area contributed by atoms with Crippen molar-refractivity contribution in [2.24, 2.45) is 5.92 Å². The maximum atomic E-state index is 5.88. The van der Waals surface area contributed by atoms with E-state index >= 15 is 0 Å². The molecule has 0 radical (unpaired) electrons. The third kappa shape index (κ3) is 3.16. The molecule has 1 aliphatic carbocycles. The number of rotatable bonds is 3. The van der Waals surface area contributed by atoms with Crippen LogP contribution in [0.25, 0.3) is 0 Å². The number of ether oxygens (including phenoxy) is 2. The summed E-state index contributed by atoms with van der Waals surface area (Å²) in [6.07, 6.45) is 4.56. The van der Waals surface area contributed by atoms with E-state index in [0.717, 1.165) is 25.7 Å². The molecule has 0 bridgehead atoms. The summed E-state index contributed by atoms with van der Waals surface area (Å²) in [5.41, 5.74) is 0. The smallest absolute Gasteiger partial charge is 0.0932 e. The van der Waals surface area contributed by atoms with Gasteiger partial charge in [0.1, 0.15) is 0 Å². The van der Waals surface area contributed by atoms with Crippen molar-refractivity contribution >= 4 is 0 Å². The van der Waals surface area contributed by atoms with Crippen LogP contribution in [-0.4, -0.2) is 38.0 Å². The lowest BCUT2D eigenvalue weighted by Gasteiger charge is -2.17. The second-order valence-corrected chi connectivity index (χ2v) is 5.04. The molecule has 3 nitrogen and oxygen atoms in total. The first-order chi connectivity index (χ1) is 7.25. The minimum absolute atomic E-state index is 0.248. The molecule has 2 rings (SSSR count). The standard InChI is InChI=1S/C12H23NO2/c1-9(2)14-8-11-6-13-12-5-3-4-10(12)7-15-11/h9-13H,3-8H2,1-2H3. The zero-order valence-corrected chi connectivity index (χ0v) is 9.87. The fourth-order valence-electron chi connectivity index (χ4n) is 2.51. The Morgan fingerprint density at radius 2 is 2.27 bits per heavy atom. The van der Waals surface area contributed by atoms with Gasteiger partial charge < -0.3 is 14.8 Å². The van der Waals surface area contributed by atoms with Crippen molar-refractivity contribution < 1.29 is 9.47 Å². The molecular formula is C12H23NO2. The van der Waals surface area contributed by atoms with E-state index in [0.29, 0.717) is 12.1 Å². The summed E-state index contributed by atoms with van der Waals surface area (Å²) >= 11 is 0. The fraction of sp³-hybridized carbons (Fsp3) is 1.00. The molecule has 1 saturated carbocycles. The molecule has 15 heavy (non-hydrogen) atoms. The van der Waals surface area contributed by atoms with Crippen LogP contribution < -0.4 is 5.32 Å². The maximum absolute atomic E-state index is 5.88. The number of fused-ring (bicyclic) bond motifs is 1. The first-order valence-electron chi connectivity index (χ1n) is 6.22. The normalized spacial score (nSPS) is 36.6. The van der Waals surface area contributed by atoms with Crippen LogP contribution >= 0.6 is 0 Å². The Morgan fingerprint density at radius 3 is 3.07 bits per heavy atom. The highest BCUT2D eigenvalue weighted by Gasteiger charge is 2.31. The summed E-state index contributed by atoms with van der Waals surface area (Å²) in [6.45, 7) is 6.74. The zero-order chi connectivity index (χ0) is 10.7. The van der Waals surface area contributed by atoms with Gasteiger partial charge in [0, 0.05) is 12.6 Å². The Morgan fingerprint density at radius 1 is 1.40 bits per heavy atom. The quantitative estimate of drug-likeness (QED) is 0.772. The molecule has 3 heteroatoms. The van der Waals surface area contributed by atoms with Gasteiger partial charge in [-0.1, -0.05) is 6.42 Å². The largest absolute Gasteiger partial charge is 0.376 e. The van der Waals surface area contributed by atoms with Crippen LogP contribution in [-0.2, 0) is 9.47 Å². The van der Waals surface area contributed by atoms with E-state index in [2.05, 4.69) is 19.2 Å². The zero-order valence-electron chi connectivity index (χ0n) is 9.87. The van der Waals surface area contributed by atoms with Crippen LogP contribution in [0.5, 0.6) is 0 Å². The third-order valence-electron chi connectivity index (χ3n) is 3.43. The SMILES string of the molecule is CC(C)OCC1CNC2CCCC2CO1. The molecule has 88 valence electrons. The van der Waals surface area contributed by atoms with Gasteiger partial charge in [-0.15, -0.1) is 0 Å². The molecule has 2 aliphatic rings. The highest BCUT2D eigenvalue weighted by Crippen LogP contribution is 2.27. The van der Waals surface area contributed by atoms with E-state index in [1.165, 1.54) is 19.3 Å². The van der Waals surface area contributed by atoms with Gasteiger partial charge in [-0.25, -0.2) is 0 Å². The molecule has 0 spiro atoms. The average Bonchev–Trinajstić information content (AvgIpc) is 2.56. The summed E-state index contributed by atoms with van der Waals surface area (Å²) in [5.74, 6) is 0.744. The summed E-state index contributed by atoms with van der Waals surface area (Å²) in [7, 11) is 0. The van der Waals surface area contributed by atoms with Crippen molar-refractivity contribution in [3.63, 3.8) is 0 Å². The van der Waals surface area contributed by atoms with Gasteiger partial charge in [-0.3, -0.25) is 0 Å². The highest BCUT2D eigenvalue weighted by molar-refractivity contribution is 4.86. The van der Waals surface area contributed by atoms with Gasteiger partial charge in [0.2, 0.25) is 0 Å². The molecule has 0 aromatic heterocycles. The number of nitrogens with one attached hydrogen (secondary N) is 1. The summed E-state index contributed by atoms with van der Waals surface area (Å²) in [4.78, 5) is 0. The summed E-state index contributed by atoms with van der Waals surface area (Å²) in [5, 5.41) is 3.61. The Hall–Kier alpha value is -0.120. The minimum atomic E-state index is 0.248. The molecule has 0 aromatic carbocycles. The van der Waals surface area contributed by atoms with Crippen molar-refractivity contribution in [2.75, 3.05) is 19.8 Å². The van der Waals surface area contributed by atoms with E-state index in [1.54, 1.807) is 0 Å². The molecule has 2 fully saturated rings. The van der Waals surface area contributed by atoms with E-state index in [9.17, 15) is 0 Å². The predicted molar refractivity (Wildman–Crippen MR) is 60.0 cm³/mol. The van der Waals surface area contributed by atoms with E-state index in [4.69, 9.17) is 9.47 Å². The Balaban J connectivity index is 1.75. The van der Waals surface area contributed by atoms with Crippen LogP contribution in [0.2, 0.25) is 0 Å². The number of hydrogen-bond donors (Lipinski definition) is 1. The lowest BCUT2D eigenvalue weighted by molar-refractivity contribution is -0.0340. The molecule has 0 amide bonds. The summed E-state index contributed by atoms with van der Waals surface area (Å²) < 4.78 is 11.5. The van der Waals surface area contributed by atoms with Crippen LogP contribution in [0.1, 0.15) is 33.1 Å². The Labute approximate surface area is 92.5 Å². The van der Waals surface area contributed by atoms with Gasteiger partial charge in [0.15, 0.2) is 0 Å². The molecule has 0 aromatic rings. The topological polar surface area (TPSA) is 30.5 Å². The van der Waals surface area contributed by atoms with Crippen molar-refractivity contribution in [3.8, 4) is 0 Å². The van der Waals surface area contributed by atoms with Gasteiger partial charge in [0.25, 0.3) is 0 Å². The minimum Gasteiger partial charge on any atom is -0.376 e. The molecule has 1 aliphatic heterocycles. The second-order valence-electron chi connectivity index (χ2n) is 5.04. The van der Waals surface area contributed by atoms with Crippen molar-refractivity contribution in [3.05, 3.63) is 0 Å². The molecule has 3 atom stereocenters. The molecule has 1 N–H and O–H groups in total. The second kappa shape index (κ2) is 5.28. The first-order valence-corrected chi connectivity index (χ1v) is 6.22. The first kappa shape index (κ1) is 11.4. The van der Waals surface area contributed by atoms with E-state index in [-0.39, 0.29) is 6.10 Å². The lowest BCUT2D eigenvalue weighted by atomic mass is 10.1. The number of hydrogen-bond acceptors (Lipinski definition) is 3. The predicted octanol–water partition coefficient (Wildman–Crippen LogP) is 1.57. The molecule has 1 saturated heterocycles. The van der Waals surface area contributed by atoms with Crippen LogP contribution in [0.4, 0.5) is 0 Å². The van der Waals surface area contributed by atoms with Crippen LogP contribution in [0, 0.1) is 5.92 Å².